The third kappa shape index (κ3) is 4.56. The van der Waals surface area contributed by atoms with Crippen molar-refractivity contribution in [2.24, 2.45) is 5.92 Å². The maximum absolute atomic E-state index is 12.3. The molecule has 1 amide bonds. The van der Waals surface area contributed by atoms with E-state index >= 15 is 0 Å². The second kappa shape index (κ2) is 7.59. The van der Waals surface area contributed by atoms with E-state index in [1.165, 1.54) is 0 Å². The van der Waals surface area contributed by atoms with Crippen LogP contribution in [-0.4, -0.2) is 36.5 Å². The molecule has 1 aromatic rings. The summed E-state index contributed by atoms with van der Waals surface area (Å²) < 4.78 is 6.05. The molecule has 21 heavy (non-hydrogen) atoms. The van der Waals surface area contributed by atoms with Crippen LogP contribution in [0.25, 0.3) is 0 Å². The summed E-state index contributed by atoms with van der Waals surface area (Å²) in [6.45, 7) is 3.51. The maximum atomic E-state index is 12.3. The van der Waals surface area contributed by atoms with Crippen LogP contribution in [0.3, 0.4) is 0 Å². The normalized spacial score (nSPS) is 15.8. The Morgan fingerprint density at radius 1 is 1.24 bits per heavy atom. The molecule has 0 bridgehead atoms. The topological polar surface area (TPSA) is 46.6 Å². The number of halogens is 1. The van der Waals surface area contributed by atoms with Crippen LogP contribution in [-0.2, 0) is 20.7 Å². The Bertz CT molecular complexity index is 493. The molecule has 0 aliphatic carbocycles. The van der Waals surface area contributed by atoms with Gasteiger partial charge in [0, 0.05) is 17.6 Å². The molecular weight excluding hydrogens is 334 g/mol. The quantitative estimate of drug-likeness (QED) is 0.782. The molecule has 1 aliphatic rings. The number of piperidine rings is 1. The molecule has 1 saturated heterocycles. The smallest absolute Gasteiger partial charge is 0.309 e. The number of amides is 1. The monoisotopic (exact) mass is 353 g/mol. The second-order valence-corrected chi connectivity index (χ2v) is 6.13. The van der Waals surface area contributed by atoms with E-state index < -0.39 is 0 Å². The van der Waals surface area contributed by atoms with Gasteiger partial charge in [0.05, 0.1) is 18.9 Å². The van der Waals surface area contributed by atoms with Crippen LogP contribution in [0.1, 0.15) is 25.3 Å². The van der Waals surface area contributed by atoms with Gasteiger partial charge in [-0.2, -0.15) is 0 Å². The molecule has 1 aromatic carbocycles. The number of hydrogen-bond donors (Lipinski definition) is 0. The summed E-state index contributed by atoms with van der Waals surface area (Å²) in [4.78, 5) is 25.8. The highest BCUT2D eigenvalue weighted by molar-refractivity contribution is 9.10. The summed E-state index contributed by atoms with van der Waals surface area (Å²) in [6.07, 6.45) is 1.81. The maximum Gasteiger partial charge on any atom is 0.309 e. The fourth-order valence-electron chi connectivity index (χ4n) is 2.51. The molecule has 0 unspecified atom stereocenters. The standard InChI is InChI=1S/C16H20BrNO3/c1-2-21-16(20)13-7-9-18(10-8-13)15(19)11-12-3-5-14(17)6-4-12/h3-6,13H,2,7-11H2,1H3. The molecule has 0 spiro atoms. The summed E-state index contributed by atoms with van der Waals surface area (Å²) in [6, 6.07) is 7.78. The average molecular weight is 354 g/mol. The van der Waals surface area contributed by atoms with Crippen molar-refractivity contribution in [3.63, 3.8) is 0 Å². The minimum atomic E-state index is -0.127. The summed E-state index contributed by atoms with van der Waals surface area (Å²) in [5.41, 5.74) is 1.01. The molecule has 4 nitrogen and oxygen atoms in total. The Morgan fingerprint density at radius 3 is 2.43 bits per heavy atom. The van der Waals surface area contributed by atoms with Gasteiger partial charge in [-0.25, -0.2) is 0 Å². The molecule has 2 rings (SSSR count). The molecule has 5 heteroatoms. The summed E-state index contributed by atoms with van der Waals surface area (Å²) in [5.74, 6) is -0.0566. The van der Waals surface area contributed by atoms with Crippen molar-refractivity contribution in [1.29, 1.82) is 0 Å². The Kier molecular flexibility index (Phi) is 5.79. The van der Waals surface area contributed by atoms with Gasteiger partial charge in [0.15, 0.2) is 0 Å². The lowest BCUT2D eigenvalue weighted by atomic mass is 9.96. The number of ether oxygens (including phenoxy) is 1. The van der Waals surface area contributed by atoms with Gasteiger partial charge in [-0.1, -0.05) is 28.1 Å². The van der Waals surface area contributed by atoms with Crippen LogP contribution in [0.15, 0.2) is 28.7 Å². The van der Waals surface area contributed by atoms with Gasteiger partial charge in [0.2, 0.25) is 5.91 Å². The Hall–Kier alpha value is -1.36. The Morgan fingerprint density at radius 2 is 1.86 bits per heavy atom. The zero-order valence-corrected chi connectivity index (χ0v) is 13.8. The summed E-state index contributed by atoms with van der Waals surface area (Å²) in [5, 5.41) is 0. The summed E-state index contributed by atoms with van der Waals surface area (Å²) >= 11 is 3.38. The molecule has 1 fully saturated rings. The largest absolute Gasteiger partial charge is 0.466 e. The number of carbonyl (C=O) groups is 2. The first-order valence-electron chi connectivity index (χ1n) is 7.29. The zero-order valence-electron chi connectivity index (χ0n) is 12.2. The minimum Gasteiger partial charge on any atom is -0.466 e. The van der Waals surface area contributed by atoms with E-state index in [-0.39, 0.29) is 17.8 Å². The highest BCUT2D eigenvalue weighted by Gasteiger charge is 2.27. The van der Waals surface area contributed by atoms with Crippen molar-refractivity contribution in [3.05, 3.63) is 34.3 Å². The first-order valence-corrected chi connectivity index (χ1v) is 8.08. The molecule has 1 aliphatic heterocycles. The molecule has 0 atom stereocenters. The highest BCUT2D eigenvalue weighted by atomic mass is 79.9. The molecule has 0 N–H and O–H groups in total. The SMILES string of the molecule is CCOC(=O)C1CCN(C(=O)Cc2ccc(Br)cc2)CC1. The van der Waals surface area contributed by atoms with Gasteiger partial charge in [-0.05, 0) is 37.5 Å². The lowest BCUT2D eigenvalue weighted by molar-refractivity contribution is -0.151. The number of benzene rings is 1. The van der Waals surface area contributed by atoms with E-state index in [4.69, 9.17) is 4.74 Å². The lowest BCUT2D eigenvalue weighted by Crippen LogP contribution is -2.41. The highest BCUT2D eigenvalue weighted by Crippen LogP contribution is 2.20. The predicted molar refractivity (Wildman–Crippen MR) is 83.8 cm³/mol. The van der Waals surface area contributed by atoms with E-state index in [9.17, 15) is 9.59 Å². The van der Waals surface area contributed by atoms with Gasteiger partial charge in [-0.15, -0.1) is 0 Å². The van der Waals surface area contributed by atoms with Gasteiger partial charge < -0.3 is 9.64 Å². The minimum absolute atomic E-state index is 0.0540. The number of esters is 1. The number of hydrogen-bond acceptors (Lipinski definition) is 3. The van der Waals surface area contributed by atoms with Crippen LogP contribution in [0.4, 0.5) is 0 Å². The van der Waals surface area contributed by atoms with E-state index in [1.807, 2.05) is 36.1 Å². The van der Waals surface area contributed by atoms with Gasteiger partial charge in [0.25, 0.3) is 0 Å². The molecule has 0 radical (unpaired) electrons. The first-order chi connectivity index (χ1) is 10.1. The fourth-order valence-corrected chi connectivity index (χ4v) is 2.78. The van der Waals surface area contributed by atoms with E-state index in [1.54, 1.807) is 0 Å². The van der Waals surface area contributed by atoms with Crippen molar-refractivity contribution in [2.75, 3.05) is 19.7 Å². The molecule has 1 heterocycles. The molecule has 114 valence electrons. The first kappa shape index (κ1) is 16.0. The van der Waals surface area contributed by atoms with Crippen molar-refractivity contribution in [3.8, 4) is 0 Å². The van der Waals surface area contributed by atoms with E-state index in [0.29, 0.717) is 39.0 Å². The zero-order chi connectivity index (χ0) is 15.2. The van der Waals surface area contributed by atoms with Crippen LogP contribution >= 0.6 is 15.9 Å². The number of nitrogens with zero attached hydrogens (tertiary/aromatic N) is 1. The lowest BCUT2D eigenvalue weighted by Gasteiger charge is -2.31. The number of carbonyl (C=O) groups excluding carboxylic acids is 2. The Balaban J connectivity index is 1.83. The van der Waals surface area contributed by atoms with E-state index in [2.05, 4.69) is 15.9 Å². The van der Waals surface area contributed by atoms with E-state index in [0.717, 1.165) is 10.0 Å². The van der Waals surface area contributed by atoms with Crippen LogP contribution in [0.5, 0.6) is 0 Å². The van der Waals surface area contributed by atoms with Crippen molar-refractivity contribution in [2.45, 2.75) is 26.2 Å². The van der Waals surface area contributed by atoms with Crippen molar-refractivity contribution < 1.29 is 14.3 Å². The predicted octanol–water partition coefficient (Wildman–Crippen LogP) is 2.79. The van der Waals surface area contributed by atoms with Gasteiger partial charge in [-0.3, -0.25) is 9.59 Å². The van der Waals surface area contributed by atoms with Crippen LogP contribution in [0.2, 0.25) is 0 Å². The fraction of sp³-hybridized carbons (Fsp3) is 0.500. The molecule has 0 saturated carbocycles. The Labute approximate surface area is 133 Å². The van der Waals surface area contributed by atoms with Crippen molar-refractivity contribution >= 4 is 27.8 Å². The average Bonchev–Trinajstić information content (AvgIpc) is 2.50. The summed E-state index contributed by atoms with van der Waals surface area (Å²) in [7, 11) is 0. The third-order valence-electron chi connectivity index (χ3n) is 3.74. The van der Waals surface area contributed by atoms with Gasteiger partial charge >= 0.3 is 5.97 Å². The third-order valence-corrected chi connectivity index (χ3v) is 4.26. The van der Waals surface area contributed by atoms with Crippen molar-refractivity contribution in [1.82, 2.24) is 4.90 Å². The number of rotatable bonds is 4. The molecule has 0 aromatic heterocycles. The number of likely N-dealkylation sites (tertiary alicyclic amines) is 1. The molecular formula is C16H20BrNO3. The van der Waals surface area contributed by atoms with Crippen LogP contribution in [0, 0.1) is 5.92 Å². The second-order valence-electron chi connectivity index (χ2n) is 5.21. The van der Waals surface area contributed by atoms with Gasteiger partial charge in [0.1, 0.15) is 0 Å². The van der Waals surface area contributed by atoms with Crippen LogP contribution < -0.4 is 0 Å².